The first-order valence-corrected chi connectivity index (χ1v) is 7.70. The Morgan fingerprint density at radius 1 is 0.905 bits per heavy atom. The number of hydrogen-bond acceptors (Lipinski definition) is 2. The molecule has 21 heavy (non-hydrogen) atoms. The summed E-state index contributed by atoms with van der Waals surface area (Å²) in [6, 6.07) is 11.7. The zero-order valence-electron chi connectivity index (χ0n) is 12.1. The number of rotatable bonds is 4. The monoisotopic (exact) mass is 342 g/mol. The van der Waals surface area contributed by atoms with Crippen molar-refractivity contribution in [3.05, 3.63) is 57.0 Å². The normalized spacial score (nSPS) is 12.1. The summed E-state index contributed by atoms with van der Waals surface area (Å²) in [7, 11) is 3.93. The third-order valence-electron chi connectivity index (χ3n) is 3.26. The average Bonchev–Trinajstić information content (AvgIpc) is 2.41. The fraction of sp³-hybridized carbons (Fsp3) is 0.250. The maximum atomic E-state index is 6.28. The highest BCUT2D eigenvalue weighted by atomic mass is 35.5. The third-order valence-corrected chi connectivity index (χ3v) is 4.30. The van der Waals surface area contributed by atoms with Crippen LogP contribution in [0.1, 0.15) is 18.5 Å². The summed E-state index contributed by atoms with van der Waals surface area (Å²) in [5.74, 6) is 0. The van der Waals surface area contributed by atoms with Crippen molar-refractivity contribution in [2.45, 2.75) is 13.0 Å². The molecule has 2 aromatic rings. The van der Waals surface area contributed by atoms with E-state index in [1.807, 2.05) is 49.3 Å². The molecule has 0 aliphatic rings. The van der Waals surface area contributed by atoms with Gasteiger partial charge < -0.3 is 10.2 Å². The van der Waals surface area contributed by atoms with E-state index in [2.05, 4.69) is 12.2 Å². The van der Waals surface area contributed by atoms with Crippen LogP contribution in [0.25, 0.3) is 0 Å². The molecule has 2 rings (SSSR count). The first-order chi connectivity index (χ1) is 9.88. The van der Waals surface area contributed by atoms with Gasteiger partial charge in [0.1, 0.15) is 0 Å². The summed E-state index contributed by atoms with van der Waals surface area (Å²) in [4.78, 5) is 1.98. The van der Waals surface area contributed by atoms with Gasteiger partial charge in [0, 0.05) is 25.8 Å². The lowest BCUT2D eigenvalue weighted by molar-refractivity contribution is 0.885. The van der Waals surface area contributed by atoms with Gasteiger partial charge in [-0.15, -0.1) is 0 Å². The van der Waals surface area contributed by atoms with Crippen LogP contribution in [-0.4, -0.2) is 14.1 Å². The van der Waals surface area contributed by atoms with Gasteiger partial charge in [0.2, 0.25) is 0 Å². The van der Waals surface area contributed by atoms with E-state index >= 15 is 0 Å². The van der Waals surface area contributed by atoms with Gasteiger partial charge in [-0.3, -0.25) is 0 Å². The smallest absolute Gasteiger partial charge is 0.0659 e. The molecule has 2 aromatic carbocycles. The topological polar surface area (TPSA) is 15.3 Å². The summed E-state index contributed by atoms with van der Waals surface area (Å²) in [6.07, 6.45) is 0. The van der Waals surface area contributed by atoms with E-state index in [9.17, 15) is 0 Å². The molecule has 1 N–H and O–H groups in total. The fourth-order valence-electron chi connectivity index (χ4n) is 2.07. The molecule has 5 heteroatoms. The molecule has 0 aliphatic carbocycles. The van der Waals surface area contributed by atoms with Crippen molar-refractivity contribution in [3.63, 3.8) is 0 Å². The molecule has 0 fully saturated rings. The Labute approximate surface area is 140 Å². The minimum absolute atomic E-state index is 0.0982. The zero-order chi connectivity index (χ0) is 15.6. The maximum absolute atomic E-state index is 6.28. The van der Waals surface area contributed by atoms with Crippen LogP contribution in [0.5, 0.6) is 0 Å². The molecule has 2 nitrogen and oxygen atoms in total. The van der Waals surface area contributed by atoms with Crippen LogP contribution >= 0.6 is 34.8 Å². The molecule has 0 aliphatic heterocycles. The Balaban J connectivity index is 2.17. The third kappa shape index (κ3) is 3.97. The number of nitrogens with one attached hydrogen (secondary N) is 1. The van der Waals surface area contributed by atoms with Crippen LogP contribution in [0.2, 0.25) is 15.1 Å². The van der Waals surface area contributed by atoms with E-state index in [1.165, 1.54) is 0 Å². The molecule has 0 aromatic heterocycles. The zero-order valence-corrected chi connectivity index (χ0v) is 14.4. The molecule has 0 bridgehead atoms. The quantitative estimate of drug-likeness (QED) is 0.745. The molecular formula is C16H17Cl3N2. The number of halogens is 3. The first-order valence-electron chi connectivity index (χ1n) is 6.57. The fourth-order valence-corrected chi connectivity index (χ4v) is 2.73. The summed E-state index contributed by atoms with van der Waals surface area (Å²) in [5, 5.41) is 5.24. The summed E-state index contributed by atoms with van der Waals surface area (Å²) >= 11 is 18.3. The van der Waals surface area contributed by atoms with Gasteiger partial charge in [0.05, 0.1) is 20.8 Å². The average molecular weight is 344 g/mol. The highest BCUT2D eigenvalue weighted by molar-refractivity contribution is 6.42. The van der Waals surface area contributed by atoms with Crippen molar-refractivity contribution in [2.75, 3.05) is 24.3 Å². The minimum Gasteiger partial charge on any atom is -0.378 e. The summed E-state index contributed by atoms with van der Waals surface area (Å²) in [5.41, 5.74) is 3.02. The van der Waals surface area contributed by atoms with E-state index in [4.69, 9.17) is 34.8 Å². The van der Waals surface area contributed by atoms with Gasteiger partial charge in [-0.25, -0.2) is 0 Å². The second-order valence-corrected chi connectivity index (χ2v) is 6.32. The van der Waals surface area contributed by atoms with Crippen molar-refractivity contribution in [1.29, 1.82) is 0 Å². The predicted molar refractivity (Wildman–Crippen MR) is 94.3 cm³/mol. The molecule has 0 spiro atoms. The molecule has 0 saturated carbocycles. The Kier molecular flexibility index (Phi) is 5.26. The molecule has 0 radical (unpaired) electrons. The Morgan fingerprint density at radius 3 is 2.19 bits per heavy atom. The molecule has 0 heterocycles. The van der Waals surface area contributed by atoms with Gasteiger partial charge in [-0.2, -0.15) is 0 Å². The van der Waals surface area contributed by atoms with Gasteiger partial charge in [0.25, 0.3) is 0 Å². The second kappa shape index (κ2) is 6.78. The van der Waals surface area contributed by atoms with Crippen LogP contribution in [-0.2, 0) is 0 Å². The van der Waals surface area contributed by atoms with Crippen LogP contribution < -0.4 is 10.2 Å². The Morgan fingerprint density at radius 2 is 1.62 bits per heavy atom. The van der Waals surface area contributed by atoms with Crippen molar-refractivity contribution >= 4 is 46.2 Å². The Bertz CT molecular complexity index is 641. The molecular weight excluding hydrogens is 327 g/mol. The van der Waals surface area contributed by atoms with E-state index in [-0.39, 0.29) is 6.04 Å². The minimum atomic E-state index is 0.0982. The van der Waals surface area contributed by atoms with Crippen molar-refractivity contribution in [2.24, 2.45) is 0 Å². The van der Waals surface area contributed by atoms with Crippen LogP contribution in [0, 0.1) is 0 Å². The van der Waals surface area contributed by atoms with E-state index in [0.717, 1.165) is 16.9 Å². The van der Waals surface area contributed by atoms with E-state index in [1.54, 1.807) is 6.07 Å². The second-order valence-electron chi connectivity index (χ2n) is 5.10. The lowest BCUT2D eigenvalue weighted by atomic mass is 10.1. The predicted octanol–water partition coefficient (Wildman–Crippen LogP) is 5.89. The summed E-state index contributed by atoms with van der Waals surface area (Å²) in [6.45, 7) is 2.06. The standard InChI is InChI=1S/C16H17Cl3N2/c1-10(11-4-6-13(17)14(18)8-11)20-12-5-7-16(21(2)3)15(19)9-12/h4-10,20H,1-3H3. The molecule has 0 saturated heterocycles. The van der Waals surface area contributed by atoms with Crippen LogP contribution in [0.3, 0.4) is 0 Å². The van der Waals surface area contributed by atoms with Gasteiger partial charge in [-0.05, 0) is 42.8 Å². The molecule has 1 atom stereocenters. The lowest BCUT2D eigenvalue weighted by Crippen LogP contribution is -2.10. The highest BCUT2D eigenvalue weighted by Gasteiger charge is 2.09. The molecule has 1 unspecified atom stereocenters. The van der Waals surface area contributed by atoms with Gasteiger partial charge in [-0.1, -0.05) is 40.9 Å². The number of nitrogens with zero attached hydrogens (tertiary/aromatic N) is 1. The van der Waals surface area contributed by atoms with Gasteiger partial charge in [0.15, 0.2) is 0 Å². The Hall–Kier alpha value is -1.09. The van der Waals surface area contributed by atoms with E-state index < -0.39 is 0 Å². The van der Waals surface area contributed by atoms with Crippen LogP contribution in [0.15, 0.2) is 36.4 Å². The number of anilines is 2. The number of benzene rings is 2. The van der Waals surface area contributed by atoms with Crippen LogP contribution in [0.4, 0.5) is 11.4 Å². The van der Waals surface area contributed by atoms with E-state index in [0.29, 0.717) is 15.1 Å². The SMILES string of the molecule is CC(Nc1ccc(N(C)C)c(Cl)c1)c1ccc(Cl)c(Cl)c1. The summed E-state index contributed by atoms with van der Waals surface area (Å²) < 4.78 is 0. The molecule has 112 valence electrons. The molecule has 0 amide bonds. The van der Waals surface area contributed by atoms with Crippen molar-refractivity contribution < 1.29 is 0 Å². The lowest BCUT2D eigenvalue weighted by Gasteiger charge is -2.19. The van der Waals surface area contributed by atoms with Crippen molar-refractivity contribution in [1.82, 2.24) is 0 Å². The number of hydrogen-bond donors (Lipinski definition) is 1. The first kappa shape index (κ1) is 16.3. The largest absolute Gasteiger partial charge is 0.378 e. The maximum Gasteiger partial charge on any atom is 0.0659 e. The van der Waals surface area contributed by atoms with Gasteiger partial charge >= 0.3 is 0 Å². The van der Waals surface area contributed by atoms with Crippen molar-refractivity contribution in [3.8, 4) is 0 Å². The highest BCUT2D eigenvalue weighted by Crippen LogP contribution is 2.30.